The maximum Gasteiger partial charge on any atom is 0.267 e. The van der Waals surface area contributed by atoms with Crippen molar-refractivity contribution < 1.29 is 27.5 Å². The topological polar surface area (TPSA) is 61.9 Å². The summed E-state index contributed by atoms with van der Waals surface area (Å²) < 4.78 is 48.8. The molecule has 0 bridgehead atoms. The van der Waals surface area contributed by atoms with Gasteiger partial charge in [-0.25, -0.2) is 13.2 Å². The number of piperazine rings is 1. The Morgan fingerprint density at radius 1 is 1.07 bits per heavy atom. The van der Waals surface area contributed by atoms with E-state index in [2.05, 4.69) is 5.32 Å². The predicted octanol–water partition coefficient (Wildman–Crippen LogP) is 2.71. The molecule has 1 N–H and O–H groups in total. The number of hydrogen-bond acceptors (Lipinski definition) is 5. The van der Waals surface area contributed by atoms with Crippen LogP contribution in [0.4, 0.5) is 18.9 Å². The van der Waals surface area contributed by atoms with E-state index in [9.17, 15) is 22.8 Å². The lowest BCUT2D eigenvalue weighted by atomic mass is 9.90. The number of piperidine rings is 1. The molecule has 0 radical (unpaired) electrons. The summed E-state index contributed by atoms with van der Waals surface area (Å²) in [6.45, 7) is 1.87. The number of nitrogens with one attached hydrogen (secondary N) is 1. The molecular weight excluding hydrogens is 399 g/mol. The highest BCUT2D eigenvalue weighted by atomic mass is 19.3. The summed E-state index contributed by atoms with van der Waals surface area (Å²) in [6, 6.07) is 3.67. The van der Waals surface area contributed by atoms with Crippen LogP contribution in [0, 0.1) is 5.82 Å². The second-order valence-electron chi connectivity index (χ2n) is 8.22. The van der Waals surface area contributed by atoms with E-state index < -0.39 is 29.8 Å². The van der Waals surface area contributed by atoms with Crippen molar-refractivity contribution in [3.63, 3.8) is 0 Å². The highest BCUT2D eigenvalue weighted by Gasteiger charge is 2.45. The number of carbonyl (C=O) groups excluding carboxylic acids is 2. The Bertz CT molecular complexity index is 812. The Morgan fingerprint density at radius 3 is 2.50 bits per heavy atom. The largest absolute Gasteiger partial charge is 0.480 e. The van der Waals surface area contributed by atoms with Crippen molar-refractivity contribution in [2.75, 3.05) is 31.1 Å². The second-order valence-corrected chi connectivity index (χ2v) is 8.22. The molecular formula is C21H26F3N3O3. The van der Waals surface area contributed by atoms with Crippen LogP contribution in [0.2, 0.25) is 0 Å². The van der Waals surface area contributed by atoms with Crippen LogP contribution in [0.25, 0.3) is 0 Å². The predicted molar refractivity (Wildman–Crippen MR) is 104 cm³/mol. The van der Waals surface area contributed by atoms with E-state index in [1.807, 2.05) is 9.80 Å². The molecule has 1 saturated carbocycles. The van der Waals surface area contributed by atoms with Gasteiger partial charge >= 0.3 is 0 Å². The molecule has 2 unspecified atom stereocenters. The fraction of sp³-hybridized carbons (Fsp3) is 0.619. The van der Waals surface area contributed by atoms with Crippen molar-refractivity contribution in [3.8, 4) is 5.75 Å². The van der Waals surface area contributed by atoms with Crippen LogP contribution < -0.4 is 15.0 Å². The number of carbonyl (C=O) groups is 2. The fourth-order valence-electron chi connectivity index (χ4n) is 4.57. The third-order valence-electron chi connectivity index (χ3n) is 6.21. The van der Waals surface area contributed by atoms with Crippen LogP contribution >= 0.6 is 0 Å². The number of imide groups is 1. The van der Waals surface area contributed by atoms with E-state index in [0.717, 1.165) is 6.42 Å². The minimum atomic E-state index is -2.65. The number of hydrogen-bond donors (Lipinski definition) is 1. The molecule has 2 aliphatic heterocycles. The summed E-state index contributed by atoms with van der Waals surface area (Å²) in [4.78, 5) is 26.7. The minimum Gasteiger partial charge on any atom is -0.480 e. The lowest BCUT2D eigenvalue weighted by molar-refractivity contribution is -0.138. The third-order valence-corrected chi connectivity index (χ3v) is 6.21. The highest BCUT2D eigenvalue weighted by Crippen LogP contribution is 2.37. The first-order valence-electron chi connectivity index (χ1n) is 10.5. The Labute approximate surface area is 173 Å². The molecule has 9 heteroatoms. The lowest BCUT2D eigenvalue weighted by Crippen LogP contribution is -2.56. The van der Waals surface area contributed by atoms with Crippen LogP contribution in [0.3, 0.4) is 0 Å². The minimum absolute atomic E-state index is 0.0544. The van der Waals surface area contributed by atoms with E-state index in [0.29, 0.717) is 44.7 Å². The Morgan fingerprint density at radius 2 is 1.83 bits per heavy atom. The number of ether oxygens (including phenoxy) is 1. The molecule has 30 heavy (non-hydrogen) atoms. The normalized spacial score (nSPS) is 27.6. The first-order chi connectivity index (χ1) is 14.3. The molecule has 2 heterocycles. The van der Waals surface area contributed by atoms with Gasteiger partial charge in [-0.05, 0) is 25.0 Å². The molecule has 2 atom stereocenters. The maximum absolute atomic E-state index is 14.7. The molecule has 1 aliphatic carbocycles. The van der Waals surface area contributed by atoms with Crippen molar-refractivity contribution in [1.29, 1.82) is 0 Å². The zero-order chi connectivity index (χ0) is 21.3. The number of halogens is 3. The van der Waals surface area contributed by atoms with Crippen molar-refractivity contribution in [1.82, 2.24) is 10.2 Å². The van der Waals surface area contributed by atoms with Gasteiger partial charge in [0.2, 0.25) is 5.91 Å². The first-order valence-corrected chi connectivity index (χ1v) is 10.5. The Kier molecular flexibility index (Phi) is 5.90. The fourth-order valence-corrected chi connectivity index (χ4v) is 4.57. The number of rotatable bonds is 4. The smallest absolute Gasteiger partial charge is 0.267 e. The molecule has 2 amide bonds. The highest BCUT2D eigenvalue weighted by molar-refractivity contribution is 5.99. The van der Waals surface area contributed by atoms with Crippen LogP contribution in [0.1, 0.15) is 38.5 Å². The van der Waals surface area contributed by atoms with Crippen molar-refractivity contribution in [2.45, 2.75) is 56.6 Å². The molecule has 3 fully saturated rings. The van der Waals surface area contributed by atoms with Crippen LogP contribution in [-0.2, 0) is 9.59 Å². The molecule has 1 aromatic carbocycles. The van der Waals surface area contributed by atoms with Gasteiger partial charge in [0.1, 0.15) is 11.6 Å². The van der Waals surface area contributed by atoms with Gasteiger partial charge in [-0.3, -0.25) is 19.8 Å². The lowest BCUT2D eigenvalue weighted by Gasteiger charge is -2.44. The zero-order valence-electron chi connectivity index (χ0n) is 16.7. The van der Waals surface area contributed by atoms with Gasteiger partial charge in [-0.1, -0.05) is 6.42 Å². The van der Waals surface area contributed by atoms with E-state index in [4.69, 9.17) is 4.74 Å². The van der Waals surface area contributed by atoms with Gasteiger partial charge in [-0.15, -0.1) is 0 Å². The number of alkyl halides is 2. The van der Waals surface area contributed by atoms with Gasteiger partial charge < -0.3 is 9.64 Å². The quantitative estimate of drug-likeness (QED) is 0.752. The van der Waals surface area contributed by atoms with E-state index >= 15 is 0 Å². The summed E-state index contributed by atoms with van der Waals surface area (Å²) in [5.74, 6) is -3.79. The molecule has 0 spiro atoms. The SMILES string of the molecule is O=C1CCC(Oc2ccc(N3CCN(C4CCCCC4(F)F)CC3)c(F)c2)C(=O)N1. The van der Waals surface area contributed by atoms with E-state index in [-0.39, 0.29) is 30.9 Å². The Balaban J connectivity index is 1.36. The van der Waals surface area contributed by atoms with Crippen molar-refractivity contribution in [2.24, 2.45) is 0 Å². The van der Waals surface area contributed by atoms with Gasteiger partial charge in [0, 0.05) is 51.5 Å². The standard InChI is InChI=1S/C21H26F3N3O3/c22-15-13-14(30-17-6-7-19(28)25-20(17)29)4-5-16(15)26-9-11-27(12-10-26)18-3-1-2-8-21(18,23)24/h4-5,13,17-18H,1-3,6-12H2,(H,25,28,29). The molecule has 4 rings (SSSR count). The van der Waals surface area contributed by atoms with Gasteiger partial charge in [0.05, 0.1) is 11.7 Å². The summed E-state index contributed by atoms with van der Waals surface area (Å²) in [5.41, 5.74) is 0.390. The molecule has 6 nitrogen and oxygen atoms in total. The van der Waals surface area contributed by atoms with E-state index in [1.165, 1.54) is 6.07 Å². The number of benzene rings is 1. The van der Waals surface area contributed by atoms with Gasteiger partial charge in [0.25, 0.3) is 11.8 Å². The van der Waals surface area contributed by atoms with Crippen molar-refractivity contribution >= 4 is 17.5 Å². The number of amides is 2. The van der Waals surface area contributed by atoms with Crippen LogP contribution in [-0.4, -0.2) is 61.0 Å². The summed E-state index contributed by atoms with van der Waals surface area (Å²) in [5, 5.41) is 2.20. The molecule has 164 valence electrons. The first kappa shape index (κ1) is 21.0. The maximum atomic E-state index is 14.7. The average molecular weight is 425 g/mol. The molecule has 3 aliphatic rings. The molecule has 2 saturated heterocycles. The summed E-state index contributed by atoms with van der Waals surface area (Å²) in [6.07, 6.45) is 1.46. The van der Waals surface area contributed by atoms with E-state index in [1.54, 1.807) is 12.1 Å². The third kappa shape index (κ3) is 4.40. The van der Waals surface area contributed by atoms with Crippen LogP contribution in [0.15, 0.2) is 18.2 Å². The van der Waals surface area contributed by atoms with Crippen LogP contribution in [0.5, 0.6) is 5.75 Å². The summed E-state index contributed by atoms with van der Waals surface area (Å²) >= 11 is 0. The van der Waals surface area contributed by atoms with Gasteiger partial charge in [-0.2, -0.15) is 0 Å². The van der Waals surface area contributed by atoms with Gasteiger partial charge in [0.15, 0.2) is 6.10 Å². The summed E-state index contributed by atoms with van der Waals surface area (Å²) in [7, 11) is 0. The zero-order valence-corrected chi connectivity index (χ0v) is 16.7. The number of nitrogens with zero attached hydrogens (tertiary/aromatic N) is 2. The average Bonchev–Trinajstić information content (AvgIpc) is 2.70. The molecule has 0 aromatic heterocycles. The number of anilines is 1. The van der Waals surface area contributed by atoms with Crippen molar-refractivity contribution in [3.05, 3.63) is 24.0 Å². The second kappa shape index (κ2) is 8.45. The Hall–Kier alpha value is -2.29. The monoisotopic (exact) mass is 425 g/mol. The molecule has 1 aromatic rings.